The fourth-order valence-corrected chi connectivity index (χ4v) is 3.67. The smallest absolute Gasteiger partial charge is 0.187 e. The molecular weight excluding hydrogens is 336 g/mol. The van der Waals surface area contributed by atoms with E-state index in [1.165, 1.54) is 33.8 Å². The van der Waals surface area contributed by atoms with Crippen LogP contribution in [0.25, 0.3) is 16.8 Å². The molecule has 6 heteroatoms. The molecular formula is C18H16N4S2. The highest BCUT2D eigenvalue weighted by Gasteiger charge is 2.09. The summed E-state index contributed by atoms with van der Waals surface area (Å²) in [4.78, 5) is 8.96. The molecule has 3 aromatic rings. The van der Waals surface area contributed by atoms with E-state index in [1.54, 1.807) is 6.20 Å². The van der Waals surface area contributed by atoms with Crippen molar-refractivity contribution in [1.29, 1.82) is 5.26 Å². The van der Waals surface area contributed by atoms with Crippen molar-refractivity contribution in [3.05, 3.63) is 57.0 Å². The van der Waals surface area contributed by atoms with Gasteiger partial charge in [-0.15, -0.1) is 22.7 Å². The molecule has 24 heavy (non-hydrogen) atoms. The Morgan fingerprint density at radius 2 is 2.00 bits per heavy atom. The zero-order valence-electron chi connectivity index (χ0n) is 13.6. The first-order valence-corrected chi connectivity index (χ1v) is 9.15. The van der Waals surface area contributed by atoms with Gasteiger partial charge in [0.2, 0.25) is 0 Å². The van der Waals surface area contributed by atoms with Gasteiger partial charge in [0.25, 0.3) is 0 Å². The van der Waals surface area contributed by atoms with E-state index in [2.05, 4.69) is 53.4 Å². The number of nitriles is 1. The van der Waals surface area contributed by atoms with Gasteiger partial charge in [0.1, 0.15) is 16.6 Å². The topological polar surface area (TPSA) is 61.6 Å². The Morgan fingerprint density at radius 3 is 2.71 bits per heavy atom. The van der Waals surface area contributed by atoms with Crippen LogP contribution in [-0.4, -0.2) is 9.97 Å². The third-order valence-corrected chi connectivity index (χ3v) is 5.25. The zero-order valence-corrected chi connectivity index (χ0v) is 15.3. The van der Waals surface area contributed by atoms with Crippen molar-refractivity contribution in [2.24, 2.45) is 0 Å². The van der Waals surface area contributed by atoms with Gasteiger partial charge in [-0.2, -0.15) is 5.26 Å². The Balaban J connectivity index is 1.82. The van der Waals surface area contributed by atoms with E-state index in [0.29, 0.717) is 10.6 Å². The van der Waals surface area contributed by atoms with E-state index in [-0.39, 0.29) is 0 Å². The maximum Gasteiger partial charge on any atom is 0.187 e. The molecule has 0 aliphatic heterocycles. The van der Waals surface area contributed by atoms with E-state index in [9.17, 15) is 5.26 Å². The second kappa shape index (κ2) is 6.95. The average molecular weight is 352 g/mol. The Bertz CT molecular complexity index is 944. The summed E-state index contributed by atoms with van der Waals surface area (Å²) in [5.41, 5.74) is 5.92. The molecule has 3 rings (SSSR count). The van der Waals surface area contributed by atoms with Crippen LogP contribution in [0.15, 0.2) is 35.2 Å². The molecule has 0 amide bonds. The summed E-state index contributed by atoms with van der Waals surface area (Å²) in [6.45, 7) is 6.08. The minimum atomic E-state index is 0.511. The highest BCUT2D eigenvalue weighted by atomic mass is 32.1. The van der Waals surface area contributed by atoms with Gasteiger partial charge in [-0.25, -0.2) is 9.97 Å². The first-order chi connectivity index (χ1) is 11.6. The first kappa shape index (κ1) is 16.4. The summed E-state index contributed by atoms with van der Waals surface area (Å²) in [7, 11) is 0. The molecule has 0 aliphatic rings. The van der Waals surface area contributed by atoms with Gasteiger partial charge in [0.05, 0.1) is 5.69 Å². The van der Waals surface area contributed by atoms with Crippen LogP contribution in [-0.2, 0) is 0 Å². The summed E-state index contributed by atoms with van der Waals surface area (Å²) >= 11 is 2.98. The van der Waals surface area contributed by atoms with Crippen molar-refractivity contribution in [2.75, 3.05) is 5.32 Å². The van der Waals surface area contributed by atoms with Gasteiger partial charge >= 0.3 is 0 Å². The van der Waals surface area contributed by atoms with Crippen LogP contribution in [0.5, 0.6) is 0 Å². The van der Waals surface area contributed by atoms with Crippen LogP contribution in [0.1, 0.15) is 21.8 Å². The molecule has 1 N–H and O–H groups in total. The zero-order chi connectivity index (χ0) is 17.1. The van der Waals surface area contributed by atoms with Crippen LogP contribution >= 0.6 is 22.7 Å². The Hall–Kier alpha value is -2.49. The number of thiazole rings is 2. The number of rotatable bonds is 4. The minimum absolute atomic E-state index is 0.511. The fraction of sp³-hybridized carbons (Fsp3) is 0.167. The lowest BCUT2D eigenvalue weighted by Crippen LogP contribution is -1.91. The van der Waals surface area contributed by atoms with Gasteiger partial charge in [-0.1, -0.05) is 17.7 Å². The Labute approximate surface area is 149 Å². The molecule has 2 aromatic heterocycles. The van der Waals surface area contributed by atoms with Crippen LogP contribution in [0.4, 0.5) is 5.13 Å². The number of nitrogens with one attached hydrogen (secondary N) is 1. The third-order valence-electron chi connectivity index (χ3n) is 3.48. The van der Waals surface area contributed by atoms with Crippen molar-refractivity contribution >= 4 is 33.4 Å². The lowest BCUT2D eigenvalue weighted by Gasteiger charge is -2.03. The molecule has 2 heterocycles. The summed E-state index contributed by atoms with van der Waals surface area (Å²) < 4.78 is 0. The van der Waals surface area contributed by atoms with E-state index >= 15 is 0 Å². The first-order valence-electron chi connectivity index (χ1n) is 7.39. The molecule has 0 radical (unpaired) electrons. The predicted octanol–water partition coefficient (Wildman–Crippen LogP) is 5.17. The van der Waals surface area contributed by atoms with Crippen molar-refractivity contribution in [3.63, 3.8) is 0 Å². The molecule has 1 aromatic carbocycles. The number of nitrogens with zero attached hydrogens (tertiary/aromatic N) is 3. The van der Waals surface area contributed by atoms with Crippen molar-refractivity contribution < 1.29 is 0 Å². The molecule has 0 aliphatic carbocycles. The van der Waals surface area contributed by atoms with Crippen molar-refractivity contribution in [3.8, 4) is 17.3 Å². The number of anilines is 1. The van der Waals surface area contributed by atoms with Crippen molar-refractivity contribution in [2.45, 2.75) is 20.8 Å². The number of allylic oxidation sites excluding steroid dienone is 1. The largest absolute Gasteiger partial charge is 0.337 e. The maximum atomic E-state index is 9.31. The number of hydrogen-bond acceptors (Lipinski definition) is 6. The molecule has 120 valence electrons. The molecule has 0 fully saturated rings. The van der Waals surface area contributed by atoms with E-state index in [0.717, 1.165) is 22.1 Å². The van der Waals surface area contributed by atoms with Gasteiger partial charge in [0, 0.05) is 28.2 Å². The van der Waals surface area contributed by atoms with E-state index in [1.807, 2.05) is 17.7 Å². The predicted molar refractivity (Wildman–Crippen MR) is 101 cm³/mol. The van der Waals surface area contributed by atoms with Gasteiger partial charge in [0.15, 0.2) is 5.13 Å². The van der Waals surface area contributed by atoms with Crippen LogP contribution in [0.2, 0.25) is 0 Å². The van der Waals surface area contributed by atoms with E-state index < -0.39 is 0 Å². The molecule has 4 nitrogen and oxygen atoms in total. The van der Waals surface area contributed by atoms with Crippen LogP contribution in [0, 0.1) is 32.1 Å². The van der Waals surface area contributed by atoms with Gasteiger partial charge in [-0.05, 0) is 32.4 Å². The lowest BCUT2D eigenvalue weighted by atomic mass is 10.0. The van der Waals surface area contributed by atoms with E-state index in [4.69, 9.17) is 0 Å². The second-order valence-corrected chi connectivity index (χ2v) is 7.18. The van der Waals surface area contributed by atoms with Crippen molar-refractivity contribution in [1.82, 2.24) is 9.97 Å². The fourth-order valence-electron chi connectivity index (χ4n) is 2.23. The average Bonchev–Trinajstić information content (AvgIpc) is 3.20. The summed E-state index contributed by atoms with van der Waals surface area (Å²) in [5, 5.41) is 17.9. The molecule has 0 bridgehead atoms. The quantitative estimate of drug-likeness (QED) is 0.658. The number of aryl methyl sites for hydroxylation is 3. The third kappa shape index (κ3) is 3.53. The lowest BCUT2D eigenvalue weighted by molar-refractivity contribution is 1.24. The van der Waals surface area contributed by atoms with Crippen LogP contribution in [0.3, 0.4) is 0 Å². The summed E-state index contributed by atoms with van der Waals surface area (Å²) in [6, 6.07) is 8.53. The molecule has 0 unspecified atom stereocenters. The van der Waals surface area contributed by atoms with Gasteiger partial charge in [-0.3, -0.25) is 0 Å². The Kier molecular flexibility index (Phi) is 4.74. The molecule has 0 atom stereocenters. The molecule has 0 spiro atoms. The normalized spacial score (nSPS) is 11.3. The monoisotopic (exact) mass is 352 g/mol. The second-order valence-electron chi connectivity index (χ2n) is 5.46. The van der Waals surface area contributed by atoms with Crippen LogP contribution < -0.4 is 5.32 Å². The number of aromatic nitrogens is 2. The highest BCUT2D eigenvalue weighted by Crippen LogP contribution is 2.28. The SMILES string of the molecule is Cc1ccc(C)c(-c2csc(N/C=C(\C#N)c3nc(C)cs3)n2)c1. The van der Waals surface area contributed by atoms with Gasteiger partial charge < -0.3 is 5.32 Å². The summed E-state index contributed by atoms with van der Waals surface area (Å²) in [6.07, 6.45) is 1.67. The maximum absolute atomic E-state index is 9.31. The Morgan fingerprint density at radius 1 is 1.17 bits per heavy atom. The summed E-state index contributed by atoms with van der Waals surface area (Å²) in [5.74, 6) is 0. The number of hydrogen-bond donors (Lipinski definition) is 1. The molecule has 0 saturated carbocycles. The highest BCUT2D eigenvalue weighted by molar-refractivity contribution is 7.14. The standard InChI is InChI=1S/C18H16N4S2/c1-11-4-5-12(2)15(6-11)16-10-24-18(22-16)20-8-14(7-19)17-21-13(3)9-23-17/h4-6,8-10H,1-3H3,(H,20,22)/b14-8+. The number of benzene rings is 1. The minimum Gasteiger partial charge on any atom is -0.337 e. The molecule has 0 saturated heterocycles.